The zero-order valence-electron chi connectivity index (χ0n) is 30.9. The number of benzene rings is 1. The van der Waals surface area contributed by atoms with Gasteiger partial charge in [0, 0.05) is 43.5 Å². The Labute approximate surface area is 297 Å². The summed E-state index contributed by atoms with van der Waals surface area (Å²) in [5.74, 6) is 2.24. The van der Waals surface area contributed by atoms with Crippen molar-refractivity contribution < 1.29 is 19.1 Å². The molecule has 0 atom stereocenters. The first-order valence-electron chi connectivity index (χ1n) is 18.8. The molecular weight excluding hydrogens is 626 g/mol. The van der Waals surface area contributed by atoms with Crippen LogP contribution in [-0.4, -0.2) is 64.5 Å². The number of hydrogen-bond donors (Lipinski definition) is 0. The van der Waals surface area contributed by atoms with Crippen molar-refractivity contribution in [3.05, 3.63) is 60.0 Å². The largest absolute Gasteiger partial charge is 0.496 e. The zero-order chi connectivity index (χ0) is 35.3. The van der Waals surface area contributed by atoms with E-state index in [1.165, 1.54) is 11.1 Å². The predicted molar refractivity (Wildman–Crippen MR) is 195 cm³/mol. The molecule has 8 rings (SSSR count). The van der Waals surface area contributed by atoms with Crippen LogP contribution in [0.1, 0.15) is 103 Å². The Hall–Kier alpha value is -3.88. The number of likely N-dealkylation sites (tertiary alicyclic amines) is 1. The summed E-state index contributed by atoms with van der Waals surface area (Å²) in [6.07, 6.45) is 15.0. The molecule has 1 saturated heterocycles. The molecule has 1 aromatic carbocycles. The molecule has 0 radical (unpaired) electrons. The highest BCUT2D eigenvalue weighted by atomic mass is 16.6. The Morgan fingerprint density at radius 2 is 1.66 bits per heavy atom. The van der Waals surface area contributed by atoms with E-state index >= 15 is 0 Å². The molecule has 9 nitrogen and oxygen atoms in total. The average molecular weight is 682 g/mol. The third-order valence-electron chi connectivity index (χ3n) is 12.4. The molecule has 3 aromatic rings. The lowest BCUT2D eigenvalue weighted by molar-refractivity contribution is -0.124. The quantitative estimate of drug-likeness (QED) is 0.238. The maximum Gasteiger partial charge on any atom is 0.410 e. The van der Waals surface area contributed by atoms with E-state index in [1.807, 2.05) is 28.0 Å². The summed E-state index contributed by atoms with van der Waals surface area (Å²) in [5.41, 5.74) is 4.79. The van der Waals surface area contributed by atoms with Crippen molar-refractivity contribution in [3.8, 4) is 16.9 Å². The van der Waals surface area contributed by atoms with E-state index in [0.717, 1.165) is 74.3 Å². The standard InChI is InChI=1S/C41H55N5O4/c1-28-24-44(25-28)38(48)50-34-10-7-30(8-11-34)37(47)45(36-22-31(13-20-42-36)32-23-43-46(26-32)39(3,4)5)27-40-14-17-41(18-15-40,19-16-40)33-9-12-35(49-6)29(2)21-33/h9,12-13,20-23,26,28,30,34H,7-8,10-11,14-19,24-25,27H2,1-6H3/t30-,34+,40?,41?. The van der Waals surface area contributed by atoms with Gasteiger partial charge in [0.05, 0.1) is 18.8 Å². The minimum Gasteiger partial charge on any atom is -0.496 e. The Balaban J connectivity index is 1.10. The first-order valence-corrected chi connectivity index (χ1v) is 18.8. The molecule has 4 aliphatic carbocycles. The summed E-state index contributed by atoms with van der Waals surface area (Å²) in [4.78, 5) is 36.0. The summed E-state index contributed by atoms with van der Waals surface area (Å²) in [7, 11) is 1.74. The van der Waals surface area contributed by atoms with Crippen LogP contribution in [0.25, 0.3) is 11.1 Å². The van der Waals surface area contributed by atoms with Crippen LogP contribution in [-0.2, 0) is 20.5 Å². The number of fused-ring (bicyclic) bond motifs is 3. The van der Waals surface area contributed by atoms with Gasteiger partial charge in [-0.2, -0.15) is 5.10 Å². The number of aryl methyl sites for hydroxylation is 1. The van der Waals surface area contributed by atoms with Crippen molar-refractivity contribution >= 4 is 17.8 Å². The molecule has 2 aromatic heterocycles. The third-order valence-corrected chi connectivity index (χ3v) is 12.4. The molecule has 5 aliphatic rings. The molecule has 2 amide bonds. The zero-order valence-corrected chi connectivity index (χ0v) is 30.9. The first kappa shape index (κ1) is 34.6. The Bertz CT molecular complexity index is 1690. The van der Waals surface area contributed by atoms with E-state index < -0.39 is 0 Å². The number of nitrogens with zero attached hydrogens (tertiary/aromatic N) is 5. The second-order valence-corrected chi connectivity index (χ2v) is 17.0. The lowest BCUT2D eigenvalue weighted by Gasteiger charge is -2.55. The van der Waals surface area contributed by atoms with E-state index in [-0.39, 0.29) is 40.4 Å². The molecule has 9 heteroatoms. The summed E-state index contributed by atoms with van der Waals surface area (Å²) < 4.78 is 13.4. The van der Waals surface area contributed by atoms with E-state index in [9.17, 15) is 9.59 Å². The maximum atomic E-state index is 14.7. The first-order chi connectivity index (χ1) is 23.9. The average Bonchev–Trinajstić information content (AvgIpc) is 3.62. The van der Waals surface area contributed by atoms with Gasteiger partial charge >= 0.3 is 6.09 Å². The van der Waals surface area contributed by atoms with Gasteiger partial charge < -0.3 is 14.4 Å². The molecule has 0 unspecified atom stereocenters. The SMILES string of the molecule is COc1ccc(C23CCC(CN(c4cc(-c5cnn(C(C)(C)C)c5)ccn4)C(=O)[C@H]4CC[C@@H](OC(=O)N5CC(C)C5)CC4)(CC2)CC3)cc1C. The van der Waals surface area contributed by atoms with Gasteiger partial charge in [-0.1, -0.05) is 19.1 Å². The van der Waals surface area contributed by atoms with Crippen LogP contribution in [0.3, 0.4) is 0 Å². The van der Waals surface area contributed by atoms with Gasteiger partial charge in [-0.05, 0) is 144 Å². The number of methoxy groups -OCH3 is 1. The van der Waals surface area contributed by atoms with E-state index in [0.29, 0.717) is 38.1 Å². The van der Waals surface area contributed by atoms with Crippen molar-refractivity contribution in [1.29, 1.82) is 0 Å². The molecule has 4 saturated carbocycles. The predicted octanol–water partition coefficient (Wildman–Crippen LogP) is 8.29. The fraction of sp³-hybridized carbons (Fsp3) is 0.610. The number of aromatic nitrogens is 3. The number of pyridine rings is 1. The molecule has 2 bridgehead atoms. The second-order valence-electron chi connectivity index (χ2n) is 17.0. The maximum absolute atomic E-state index is 14.7. The third kappa shape index (κ3) is 6.76. The minimum atomic E-state index is -0.204. The van der Waals surface area contributed by atoms with Crippen LogP contribution in [0.4, 0.5) is 10.6 Å². The van der Waals surface area contributed by atoms with Gasteiger partial charge in [-0.3, -0.25) is 14.4 Å². The lowest BCUT2D eigenvalue weighted by Crippen LogP contribution is -2.52. The Morgan fingerprint density at radius 1 is 0.960 bits per heavy atom. The molecule has 0 spiro atoms. The lowest BCUT2D eigenvalue weighted by atomic mass is 9.51. The molecular formula is C41H55N5O4. The highest BCUT2D eigenvalue weighted by molar-refractivity contribution is 5.95. The molecule has 0 N–H and O–H groups in total. The fourth-order valence-electron chi connectivity index (χ4n) is 9.05. The molecule has 50 heavy (non-hydrogen) atoms. The summed E-state index contributed by atoms with van der Waals surface area (Å²) in [5, 5.41) is 4.64. The topological polar surface area (TPSA) is 89.8 Å². The number of ether oxygens (including phenoxy) is 2. The molecule has 5 fully saturated rings. The van der Waals surface area contributed by atoms with Gasteiger partial charge in [0.25, 0.3) is 0 Å². The fourth-order valence-corrected chi connectivity index (χ4v) is 9.05. The van der Waals surface area contributed by atoms with Crippen LogP contribution < -0.4 is 9.64 Å². The van der Waals surface area contributed by atoms with Crippen LogP contribution in [0, 0.1) is 24.2 Å². The van der Waals surface area contributed by atoms with Crippen LogP contribution in [0.5, 0.6) is 5.75 Å². The van der Waals surface area contributed by atoms with E-state index in [4.69, 9.17) is 14.5 Å². The normalized spacial score (nSPS) is 26.7. The number of anilines is 1. The van der Waals surface area contributed by atoms with Crippen LogP contribution >= 0.6 is 0 Å². The monoisotopic (exact) mass is 681 g/mol. The van der Waals surface area contributed by atoms with Crippen molar-refractivity contribution in [2.24, 2.45) is 17.3 Å². The van der Waals surface area contributed by atoms with Crippen molar-refractivity contribution in [3.63, 3.8) is 0 Å². The van der Waals surface area contributed by atoms with E-state index in [2.05, 4.69) is 70.2 Å². The van der Waals surface area contributed by atoms with Crippen LogP contribution in [0.2, 0.25) is 0 Å². The molecule has 1 aliphatic heterocycles. The Kier molecular flexibility index (Phi) is 9.23. The summed E-state index contributed by atoms with van der Waals surface area (Å²) in [6.45, 7) is 12.9. The van der Waals surface area contributed by atoms with Crippen LogP contribution in [0.15, 0.2) is 48.9 Å². The Morgan fingerprint density at radius 3 is 2.26 bits per heavy atom. The smallest absolute Gasteiger partial charge is 0.410 e. The van der Waals surface area contributed by atoms with Gasteiger partial charge in [-0.25, -0.2) is 9.78 Å². The van der Waals surface area contributed by atoms with E-state index in [1.54, 1.807) is 12.0 Å². The van der Waals surface area contributed by atoms with Gasteiger partial charge in [0.1, 0.15) is 17.7 Å². The van der Waals surface area contributed by atoms with Gasteiger partial charge in [0.15, 0.2) is 0 Å². The van der Waals surface area contributed by atoms with Crippen molar-refractivity contribution in [1.82, 2.24) is 19.7 Å². The highest BCUT2D eigenvalue weighted by Crippen LogP contribution is 2.58. The van der Waals surface area contributed by atoms with Crippen molar-refractivity contribution in [2.75, 3.05) is 31.6 Å². The minimum absolute atomic E-state index is 0.0643. The molecule has 3 heterocycles. The highest BCUT2D eigenvalue weighted by Gasteiger charge is 2.51. The number of carbonyl (C=O) groups is 2. The summed E-state index contributed by atoms with van der Waals surface area (Å²) in [6, 6.07) is 10.8. The number of carbonyl (C=O) groups excluding carboxylic acids is 2. The van der Waals surface area contributed by atoms with Gasteiger partial charge in [-0.15, -0.1) is 0 Å². The van der Waals surface area contributed by atoms with Crippen molar-refractivity contribution in [2.45, 2.75) is 116 Å². The van der Waals surface area contributed by atoms with Gasteiger partial charge in [0.2, 0.25) is 5.91 Å². The number of hydrogen-bond acceptors (Lipinski definition) is 6. The number of rotatable bonds is 8. The molecule has 268 valence electrons. The summed E-state index contributed by atoms with van der Waals surface area (Å²) >= 11 is 0. The second kappa shape index (κ2) is 13.3. The number of amides is 2.